The van der Waals surface area contributed by atoms with Gasteiger partial charge in [-0.1, -0.05) is 20.3 Å². The molecule has 1 saturated heterocycles. The highest BCUT2D eigenvalue weighted by Crippen LogP contribution is 2.17. The van der Waals surface area contributed by atoms with Crippen LogP contribution in [0.4, 0.5) is 0 Å². The van der Waals surface area contributed by atoms with Crippen LogP contribution in [0.2, 0.25) is 0 Å². The van der Waals surface area contributed by atoms with Crippen molar-refractivity contribution in [1.29, 1.82) is 0 Å². The van der Waals surface area contributed by atoms with Gasteiger partial charge in [0, 0.05) is 6.04 Å². The molecule has 0 bridgehead atoms. The summed E-state index contributed by atoms with van der Waals surface area (Å²) in [5, 5.41) is 3.16. The molecular formula is C10H21NO2S. The van der Waals surface area contributed by atoms with Crippen LogP contribution in [0.1, 0.15) is 33.6 Å². The lowest BCUT2D eigenvalue weighted by molar-refractivity contribution is 0.397. The molecule has 1 fully saturated rings. The normalized spacial score (nSPS) is 34.8. The Kier molecular flexibility index (Phi) is 3.95. The summed E-state index contributed by atoms with van der Waals surface area (Å²) in [6.07, 6.45) is 1.77. The largest absolute Gasteiger partial charge is 0.313 e. The smallest absolute Gasteiger partial charge is 0.154 e. The Hall–Kier alpha value is -0.0900. The summed E-state index contributed by atoms with van der Waals surface area (Å²) >= 11 is 0. The van der Waals surface area contributed by atoms with Crippen molar-refractivity contribution >= 4 is 9.84 Å². The Bertz CT molecular complexity index is 274. The Labute approximate surface area is 87.2 Å². The van der Waals surface area contributed by atoms with Crippen LogP contribution < -0.4 is 5.32 Å². The number of nitrogens with one attached hydrogen (secondary N) is 1. The van der Waals surface area contributed by atoms with Crippen LogP contribution >= 0.6 is 0 Å². The average Bonchev–Trinajstić information content (AvgIpc) is 2.26. The Morgan fingerprint density at radius 2 is 2.14 bits per heavy atom. The fourth-order valence-corrected chi connectivity index (χ4v) is 3.53. The van der Waals surface area contributed by atoms with Crippen LogP contribution in [0.3, 0.4) is 0 Å². The summed E-state index contributed by atoms with van der Waals surface area (Å²) in [5.74, 6) is 0.749. The number of sulfone groups is 1. The Balaban J connectivity index is 2.75. The lowest BCUT2D eigenvalue weighted by atomic mass is 10.0. The van der Waals surface area contributed by atoms with Gasteiger partial charge in [-0.2, -0.15) is 0 Å². The van der Waals surface area contributed by atoms with E-state index in [1.807, 2.05) is 6.92 Å². The average molecular weight is 219 g/mol. The van der Waals surface area contributed by atoms with Crippen molar-refractivity contribution in [2.24, 2.45) is 5.92 Å². The molecule has 3 unspecified atom stereocenters. The van der Waals surface area contributed by atoms with Crippen LogP contribution in [-0.2, 0) is 9.84 Å². The zero-order valence-corrected chi connectivity index (χ0v) is 10.1. The molecule has 0 aromatic carbocycles. The topological polar surface area (TPSA) is 46.2 Å². The Morgan fingerprint density at radius 3 is 2.71 bits per heavy atom. The van der Waals surface area contributed by atoms with E-state index in [1.165, 1.54) is 0 Å². The quantitative estimate of drug-likeness (QED) is 0.759. The third-order valence-corrected chi connectivity index (χ3v) is 5.60. The summed E-state index contributed by atoms with van der Waals surface area (Å²) in [6, 6.07) is 0.148. The molecule has 84 valence electrons. The maximum atomic E-state index is 11.8. The molecule has 4 heteroatoms. The summed E-state index contributed by atoms with van der Waals surface area (Å²) in [7, 11) is -2.86. The number of hydrogen-bond acceptors (Lipinski definition) is 3. The van der Waals surface area contributed by atoms with Crippen molar-refractivity contribution in [3.63, 3.8) is 0 Å². The summed E-state index contributed by atoms with van der Waals surface area (Å²) in [4.78, 5) is 0. The number of hydrogen-bond donors (Lipinski definition) is 1. The molecule has 3 nitrogen and oxygen atoms in total. The molecule has 0 amide bonds. The first-order valence-electron chi connectivity index (χ1n) is 5.42. The van der Waals surface area contributed by atoms with Crippen molar-refractivity contribution in [1.82, 2.24) is 5.32 Å². The predicted octanol–water partition coefficient (Wildman–Crippen LogP) is 1.20. The van der Waals surface area contributed by atoms with Gasteiger partial charge in [-0.25, -0.2) is 8.42 Å². The van der Waals surface area contributed by atoms with E-state index in [2.05, 4.69) is 19.2 Å². The second kappa shape index (κ2) is 4.62. The maximum absolute atomic E-state index is 11.8. The SMILES string of the molecule is CCC(C)C1CS(=O)(=O)C(C)CCN1. The summed E-state index contributed by atoms with van der Waals surface area (Å²) < 4.78 is 23.6. The van der Waals surface area contributed by atoms with Gasteiger partial charge in [-0.3, -0.25) is 0 Å². The maximum Gasteiger partial charge on any atom is 0.154 e. The standard InChI is InChI=1S/C10H21NO2S/c1-4-8(2)10-7-14(12,13)9(3)5-6-11-10/h8-11H,4-7H2,1-3H3. The molecule has 0 spiro atoms. The van der Waals surface area contributed by atoms with Crippen molar-refractivity contribution in [3.05, 3.63) is 0 Å². The third-order valence-electron chi connectivity index (χ3n) is 3.31. The first-order chi connectivity index (χ1) is 6.47. The van der Waals surface area contributed by atoms with E-state index in [9.17, 15) is 8.42 Å². The monoisotopic (exact) mass is 219 g/mol. The van der Waals surface area contributed by atoms with Gasteiger partial charge in [0.2, 0.25) is 0 Å². The van der Waals surface area contributed by atoms with Crippen LogP contribution in [0, 0.1) is 5.92 Å². The van der Waals surface area contributed by atoms with Gasteiger partial charge >= 0.3 is 0 Å². The second-order valence-electron chi connectivity index (χ2n) is 4.37. The fraction of sp³-hybridized carbons (Fsp3) is 1.00. The molecule has 1 aliphatic rings. The molecule has 0 saturated carbocycles. The molecular weight excluding hydrogens is 198 g/mol. The van der Waals surface area contributed by atoms with Gasteiger partial charge in [0.05, 0.1) is 11.0 Å². The minimum atomic E-state index is -2.86. The minimum absolute atomic E-state index is 0.148. The van der Waals surface area contributed by atoms with Crippen LogP contribution in [-0.4, -0.2) is 32.0 Å². The van der Waals surface area contributed by atoms with E-state index in [-0.39, 0.29) is 11.3 Å². The van der Waals surface area contributed by atoms with Gasteiger partial charge in [0.15, 0.2) is 9.84 Å². The molecule has 0 aromatic heterocycles. The van der Waals surface area contributed by atoms with E-state index < -0.39 is 9.84 Å². The van der Waals surface area contributed by atoms with Gasteiger partial charge in [0.1, 0.15) is 0 Å². The molecule has 14 heavy (non-hydrogen) atoms. The molecule has 1 rings (SSSR count). The fourth-order valence-electron chi connectivity index (χ4n) is 1.77. The predicted molar refractivity (Wildman–Crippen MR) is 59.1 cm³/mol. The molecule has 0 aromatic rings. The lowest BCUT2D eigenvalue weighted by Gasteiger charge is -2.21. The molecule has 1 aliphatic heterocycles. The second-order valence-corrected chi connectivity index (χ2v) is 6.84. The van der Waals surface area contributed by atoms with Gasteiger partial charge < -0.3 is 5.32 Å². The van der Waals surface area contributed by atoms with Crippen LogP contribution in [0.5, 0.6) is 0 Å². The van der Waals surface area contributed by atoms with Crippen molar-refractivity contribution < 1.29 is 8.42 Å². The molecule has 1 N–H and O–H groups in total. The Morgan fingerprint density at radius 1 is 1.50 bits per heavy atom. The lowest BCUT2D eigenvalue weighted by Crippen LogP contribution is -2.39. The highest BCUT2D eigenvalue weighted by Gasteiger charge is 2.30. The van der Waals surface area contributed by atoms with Crippen molar-refractivity contribution in [2.75, 3.05) is 12.3 Å². The van der Waals surface area contributed by atoms with E-state index in [0.29, 0.717) is 11.7 Å². The van der Waals surface area contributed by atoms with Crippen molar-refractivity contribution in [3.8, 4) is 0 Å². The highest BCUT2D eigenvalue weighted by atomic mass is 32.2. The molecule has 0 radical (unpaired) electrons. The first kappa shape index (κ1) is 12.0. The van der Waals surface area contributed by atoms with E-state index in [1.54, 1.807) is 0 Å². The first-order valence-corrected chi connectivity index (χ1v) is 7.14. The van der Waals surface area contributed by atoms with Crippen molar-refractivity contribution in [2.45, 2.75) is 44.9 Å². The summed E-state index contributed by atoms with van der Waals surface area (Å²) in [6.45, 7) is 6.86. The summed E-state index contributed by atoms with van der Waals surface area (Å²) in [5.41, 5.74) is 0. The van der Waals surface area contributed by atoms with Gasteiger partial charge in [-0.15, -0.1) is 0 Å². The van der Waals surface area contributed by atoms with Crippen LogP contribution in [0.15, 0.2) is 0 Å². The van der Waals surface area contributed by atoms with E-state index in [4.69, 9.17) is 0 Å². The van der Waals surface area contributed by atoms with Gasteiger partial charge in [-0.05, 0) is 25.8 Å². The molecule has 3 atom stereocenters. The number of rotatable bonds is 2. The van der Waals surface area contributed by atoms with Gasteiger partial charge in [0.25, 0.3) is 0 Å². The zero-order valence-electron chi connectivity index (χ0n) is 9.29. The molecule has 1 heterocycles. The minimum Gasteiger partial charge on any atom is -0.313 e. The third kappa shape index (κ3) is 2.70. The van der Waals surface area contributed by atoms with Crippen LogP contribution in [0.25, 0.3) is 0 Å². The highest BCUT2D eigenvalue weighted by molar-refractivity contribution is 7.92. The molecule has 0 aliphatic carbocycles. The van der Waals surface area contributed by atoms with E-state index in [0.717, 1.165) is 19.4 Å². The zero-order chi connectivity index (χ0) is 10.8. The van der Waals surface area contributed by atoms with E-state index >= 15 is 0 Å².